The van der Waals surface area contributed by atoms with Crippen LogP contribution in [-0.2, 0) is 28.6 Å². The fourth-order valence-electron chi connectivity index (χ4n) is 6.53. The number of ether oxygens (including phenoxy) is 3. The molecule has 350 valence electrons. The van der Waals surface area contributed by atoms with E-state index in [-0.39, 0.29) is 31.1 Å². The maximum absolute atomic E-state index is 12.8. The summed E-state index contributed by atoms with van der Waals surface area (Å²) in [6.07, 6.45) is 66.4. The average molecular weight is 859 g/mol. The zero-order valence-electron chi connectivity index (χ0n) is 39.8. The second-order valence-corrected chi connectivity index (χ2v) is 16.2. The van der Waals surface area contributed by atoms with E-state index in [2.05, 4.69) is 57.2 Å². The first kappa shape index (κ1) is 58.1. The lowest BCUT2D eigenvalue weighted by molar-refractivity contribution is -0.167. The lowest BCUT2D eigenvalue weighted by Gasteiger charge is -2.18. The summed E-state index contributed by atoms with van der Waals surface area (Å²) in [6, 6.07) is 0. The Morgan fingerprint density at radius 2 is 0.629 bits per heavy atom. The van der Waals surface area contributed by atoms with Crippen LogP contribution in [0.3, 0.4) is 0 Å². The molecule has 6 nitrogen and oxygen atoms in total. The monoisotopic (exact) mass is 859 g/mol. The van der Waals surface area contributed by atoms with E-state index in [0.29, 0.717) is 19.3 Å². The standard InChI is InChI=1S/C56H90O6/c1-4-7-10-13-16-19-22-25-28-31-34-37-40-43-46-49-55(58)61-52-53(51-60-54(57)48-45-42-39-36-33-30-27-24-21-18-15-12-9-6-3)62-56(59)50-47-44-41-38-35-32-29-26-23-20-17-14-11-8-5-2/h7-8,10-11,13-14,16-17,19-20,22-23,25-26,28-29,31,34,53H,4-6,9,12,15,18,21,24,27,30,32-33,35-52H2,1-3H3/b10-7-,11-8-,16-13-,17-14-,22-19-,23-20-,28-25-,29-26-,34-31-. The zero-order chi connectivity index (χ0) is 45.1. The van der Waals surface area contributed by atoms with Crippen molar-refractivity contribution in [2.45, 2.75) is 213 Å². The van der Waals surface area contributed by atoms with E-state index < -0.39 is 6.10 Å². The summed E-state index contributed by atoms with van der Waals surface area (Å²) in [7, 11) is 0. The second kappa shape index (κ2) is 49.7. The van der Waals surface area contributed by atoms with E-state index in [1.165, 1.54) is 70.6 Å². The minimum Gasteiger partial charge on any atom is -0.462 e. The van der Waals surface area contributed by atoms with E-state index in [9.17, 15) is 14.4 Å². The van der Waals surface area contributed by atoms with Crippen molar-refractivity contribution in [2.24, 2.45) is 0 Å². The smallest absolute Gasteiger partial charge is 0.306 e. The molecule has 6 heteroatoms. The number of carbonyl (C=O) groups is 3. The average Bonchev–Trinajstić information content (AvgIpc) is 3.27. The fourth-order valence-corrected chi connectivity index (χ4v) is 6.53. The molecule has 1 unspecified atom stereocenters. The number of rotatable bonds is 43. The van der Waals surface area contributed by atoms with Crippen LogP contribution in [0.1, 0.15) is 207 Å². The molecule has 0 amide bonds. The van der Waals surface area contributed by atoms with Crippen LogP contribution in [0.4, 0.5) is 0 Å². The molecule has 0 aliphatic carbocycles. The molecule has 0 aromatic carbocycles. The van der Waals surface area contributed by atoms with Gasteiger partial charge >= 0.3 is 17.9 Å². The third-order valence-corrected chi connectivity index (χ3v) is 10.2. The van der Waals surface area contributed by atoms with Gasteiger partial charge in [0.05, 0.1) is 0 Å². The minimum absolute atomic E-state index is 0.102. The van der Waals surface area contributed by atoms with Crippen LogP contribution in [0, 0.1) is 0 Å². The van der Waals surface area contributed by atoms with Crippen LogP contribution in [0.15, 0.2) is 109 Å². The largest absolute Gasteiger partial charge is 0.462 e. The zero-order valence-corrected chi connectivity index (χ0v) is 39.8. The SMILES string of the molecule is CC\C=C/C=C\C=C/C=C\C=C/CCCCCC(=O)OCC(COC(=O)CCCCCCCCCCCCCCCC)OC(=O)CCCCCCC\C=C/C=C\C=C/C=C\CC. The van der Waals surface area contributed by atoms with Crippen LogP contribution in [-0.4, -0.2) is 37.2 Å². The van der Waals surface area contributed by atoms with Crippen molar-refractivity contribution in [3.8, 4) is 0 Å². The first-order chi connectivity index (χ1) is 30.5. The van der Waals surface area contributed by atoms with E-state index in [1.807, 2.05) is 72.9 Å². The maximum atomic E-state index is 12.8. The van der Waals surface area contributed by atoms with Crippen LogP contribution in [0.2, 0.25) is 0 Å². The van der Waals surface area contributed by atoms with E-state index in [4.69, 9.17) is 14.2 Å². The van der Waals surface area contributed by atoms with Gasteiger partial charge in [-0.2, -0.15) is 0 Å². The molecule has 0 N–H and O–H groups in total. The Bertz CT molecular complexity index is 1310. The van der Waals surface area contributed by atoms with Gasteiger partial charge in [0.1, 0.15) is 13.2 Å². The van der Waals surface area contributed by atoms with E-state index in [1.54, 1.807) is 0 Å². The molecule has 0 saturated carbocycles. The van der Waals surface area contributed by atoms with E-state index in [0.717, 1.165) is 96.3 Å². The number of allylic oxidation sites excluding steroid dienone is 18. The first-order valence-corrected chi connectivity index (χ1v) is 25.0. The summed E-state index contributed by atoms with van der Waals surface area (Å²) in [5, 5.41) is 0. The highest BCUT2D eigenvalue weighted by Crippen LogP contribution is 2.15. The Hall–Kier alpha value is -3.93. The van der Waals surface area contributed by atoms with Gasteiger partial charge in [0.2, 0.25) is 0 Å². The molecule has 0 radical (unpaired) electrons. The van der Waals surface area contributed by atoms with Crippen molar-refractivity contribution in [3.63, 3.8) is 0 Å². The van der Waals surface area contributed by atoms with Crippen LogP contribution in [0.5, 0.6) is 0 Å². The van der Waals surface area contributed by atoms with Crippen LogP contribution in [0.25, 0.3) is 0 Å². The molecule has 0 rings (SSSR count). The van der Waals surface area contributed by atoms with Gasteiger partial charge in [0.15, 0.2) is 6.10 Å². The van der Waals surface area contributed by atoms with Crippen molar-refractivity contribution in [1.82, 2.24) is 0 Å². The summed E-state index contributed by atoms with van der Waals surface area (Å²) in [6.45, 7) is 6.29. The highest BCUT2D eigenvalue weighted by atomic mass is 16.6. The van der Waals surface area contributed by atoms with Crippen molar-refractivity contribution >= 4 is 17.9 Å². The van der Waals surface area contributed by atoms with Crippen molar-refractivity contribution in [1.29, 1.82) is 0 Å². The molecular formula is C56H90O6. The molecule has 62 heavy (non-hydrogen) atoms. The third-order valence-electron chi connectivity index (χ3n) is 10.2. The molecule has 0 bridgehead atoms. The number of esters is 3. The van der Waals surface area contributed by atoms with Gasteiger partial charge in [0, 0.05) is 19.3 Å². The molecule has 0 aromatic rings. The Balaban J connectivity index is 4.52. The van der Waals surface area contributed by atoms with E-state index >= 15 is 0 Å². The first-order valence-electron chi connectivity index (χ1n) is 25.0. The molecule has 1 atom stereocenters. The van der Waals surface area contributed by atoms with Gasteiger partial charge in [-0.3, -0.25) is 14.4 Å². The van der Waals surface area contributed by atoms with Crippen LogP contribution < -0.4 is 0 Å². The molecule has 0 spiro atoms. The van der Waals surface area contributed by atoms with Crippen LogP contribution >= 0.6 is 0 Å². The van der Waals surface area contributed by atoms with Gasteiger partial charge in [-0.25, -0.2) is 0 Å². The summed E-state index contributed by atoms with van der Waals surface area (Å²) >= 11 is 0. The molecule has 0 aliphatic heterocycles. The van der Waals surface area contributed by atoms with Gasteiger partial charge in [-0.15, -0.1) is 0 Å². The highest BCUT2D eigenvalue weighted by molar-refractivity contribution is 5.71. The van der Waals surface area contributed by atoms with Crippen molar-refractivity contribution in [3.05, 3.63) is 109 Å². The summed E-state index contributed by atoms with van der Waals surface area (Å²) in [5.41, 5.74) is 0. The van der Waals surface area contributed by atoms with Gasteiger partial charge in [0.25, 0.3) is 0 Å². The Morgan fingerprint density at radius 3 is 1.00 bits per heavy atom. The Morgan fingerprint density at radius 1 is 0.339 bits per heavy atom. The predicted octanol–water partition coefficient (Wildman–Crippen LogP) is 16.4. The number of hydrogen-bond donors (Lipinski definition) is 0. The fraction of sp³-hybridized carbons (Fsp3) is 0.625. The van der Waals surface area contributed by atoms with Crippen molar-refractivity contribution in [2.75, 3.05) is 13.2 Å². The Kier molecular flexibility index (Phi) is 46.6. The predicted molar refractivity (Wildman–Crippen MR) is 265 cm³/mol. The molecule has 0 aliphatic rings. The number of unbranched alkanes of at least 4 members (excludes halogenated alkanes) is 21. The quantitative estimate of drug-likeness (QED) is 0.0263. The third kappa shape index (κ3) is 47.1. The normalized spacial score (nSPS) is 13.0. The molecular weight excluding hydrogens is 769 g/mol. The molecule has 0 aromatic heterocycles. The summed E-state index contributed by atoms with van der Waals surface area (Å²) in [5.74, 6) is -0.974. The minimum atomic E-state index is -0.808. The molecule has 0 fully saturated rings. The second-order valence-electron chi connectivity index (χ2n) is 16.2. The highest BCUT2D eigenvalue weighted by Gasteiger charge is 2.19. The van der Waals surface area contributed by atoms with Gasteiger partial charge in [-0.05, 0) is 57.8 Å². The lowest BCUT2D eigenvalue weighted by atomic mass is 10.0. The summed E-state index contributed by atoms with van der Waals surface area (Å²) < 4.78 is 16.7. The number of hydrogen-bond acceptors (Lipinski definition) is 6. The molecule has 0 heterocycles. The maximum Gasteiger partial charge on any atom is 0.306 e. The Labute approximate surface area is 380 Å². The van der Waals surface area contributed by atoms with Gasteiger partial charge < -0.3 is 14.2 Å². The summed E-state index contributed by atoms with van der Waals surface area (Å²) in [4.78, 5) is 37.9. The topological polar surface area (TPSA) is 78.9 Å². The van der Waals surface area contributed by atoms with Crippen molar-refractivity contribution < 1.29 is 28.6 Å². The lowest BCUT2D eigenvalue weighted by Crippen LogP contribution is -2.30. The number of carbonyl (C=O) groups excluding carboxylic acids is 3. The molecule has 0 saturated heterocycles. The van der Waals surface area contributed by atoms with Gasteiger partial charge in [-0.1, -0.05) is 239 Å².